The number of rotatable bonds is 5. The van der Waals surface area contributed by atoms with Crippen LogP contribution in [0.1, 0.15) is 17.4 Å². The quantitative estimate of drug-likeness (QED) is 0.642. The number of piperidine rings is 1. The molecule has 0 radical (unpaired) electrons. The van der Waals surface area contributed by atoms with Crippen LogP contribution in [0.15, 0.2) is 60.7 Å². The number of benzene rings is 2. The average Bonchev–Trinajstić information content (AvgIpc) is 3.11. The Balaban J connectivity index is 1.33. The highest BCUT2D eigenvalue weighted by molar-refractivity contribution is 5.93. The van der Waals surface area contributed by atoms with Gasteiger partial charge < -0.3 is 15.0 Å². The molecule has 1 aromatic heterocycles. The number of fused-ring (bicyclic) bond motifs is 1. The highest BCUT2D eigenvalue weighted by Gasteiger charge is 2.60. The second kappa shape index (κ2) is 7.23. The van der Waals surface area contributed by atoms with Crippen molar-refractivity contribution in [2.75, 3.05) is 6.54 Å². The number of nitrogens with one attached hydrogen (secondary N) is 2. The number of para-hydroxylation sites is 2. The van der Waals surface area contributed by atoms with Crippen molar-refractivity contribution in [3.8, 4) is 28.9 Å². The highest BCUT2D eigenvalue weighted by atomic mass is 16.5. The van der Waals surface area contributed by atoms with E-state index in [-0.39, 0.29) is 18.0 Å². The molecule has 0 bridgehead atoms. The van der Waals surface area contributed by atoms with Crippen LogP contribution < -0.4 is 10.1 Å². The first kappa shape index (κ1) is 18.3. The molecule has 2 N–H and O–H groups in total. The summed E-state index contributed by atoms with van der Waals surface area (Å²) in [6.07, 6.45) is 2.23. The summed E-state index contributed by atoms with van der Waals surface area (Å²) in [6.45, 7) is 2.69. The summed E-state index contributed by atoms with van der Waals surface area (Å²) in [5.74, 6) is 1.96. The number of likely N-dealkylation sites (tertiary alicyclic amines) is 1. The van der Waals surface area contributed by atoms with Gasteiger partial charge in [0.15, 0.2) is 6.19 Å². The third-order valence-electron chi connectivity index (χ3n) is 6.02. The van der Waals surface area contributed by atoms with Crippen LogP contribution in [0.25, 0.3) is 11.3 Å². The molecular formula is C23H21N5O2. The molecule has 1 saturated heterocycles. The summed E-state index contributed by atoms with van der Waals surface area (Å²) in [4.78, 5) is 14.5. The summed E-state index contributed by atoms with van der Waals surface area (Å²) in [5, 5.41) is 19.5. The molecule has 3 aromatic rings. The largest absolute Gasteiger partial charge is 0.457 e. The van der Waals surface area contributed by atoms with Crippen molar-refractivity contribution in [1.29, 1.82) is 5.26 Å². The van der Waals surface area contributed by atoms with Crippen LogP contribution >= 0.6 is 0 Å². The van der Waals surface area contributed by atoms with Gasteiger partial charge in [0.25, 0.3) is 5.91 Å². The first-order valence-electron chi connectivity index (χ1n) is 10.0. The monoisotopic (exact) mass is 399 g/mol. The van der Waals surface area contributed by atoms with E-state index < -0.39 is 0 Å². The van der Waals surface area contributed by atoms with Crippen LogP contribution in [-0.2, 0) is 0 Å². The van der Waals surface area contributed by atoms with Crippen LogP contribution in [0, 0.1) is 23.3 Å². The van der Waals surface area contributed by atoms with Crippen LogP contribution in [-0.4, -0.2) is 39.6 Å². The van der Waals surface area contributed by atoms with E-state index in [2.05, 4.69) is 28.6 Å². The molecule has 5 rings (SSSR count). The van der Waals surface area contributed by atoms with E-state index >= 15 is 0 Å². The van der Waals surface area contributed by atoms with Crippen LogP contribution in [0.3, 0.4) is 0 Å². The van der Waals surface area contributed by atoms with E-state index in [4.69, 9.17) is 4.74 Å². The van der Waals surface area contributed by atoms with Gasteiger partial charge >= 0.3 is 0 Å². The van der Waals surface area contributed by atoms with E-state index in [0.29, 0.717) is 35.5 Å². The maximum Gasteiger partial charge on any atom is 0.269 e. The first-order valence-corrected chi connectivity index (χ1v) is 10.0. The summed E-state index contributed by atoms with van der Waals surface area (Å²) in [7, 11) is 0. The Hall–Kier alpha value is -3.79. The number of aromatic amines is 1. The molecule has 2 aliphatic rings. The van der Waals surface area contributed by atoms with Crippen LogP contribution in [0.5, 0.6) is 11.5 Å². The SMILES string of the molecule is C[C@@H]1C2C1N(C#N)C[C@H]2NC(=O)c1cc(-c2ccccc2Oc2ccccc2)n[nH]1. The lowest BCUT2D eigenvalue weighted by Gasteiger charge is -2.17. The topological polar surface area (TPSA) is 94.0 Å². The third kappa shape index (κ3) is 3.16. The number of nitrogens with zero attached hydrogens (tertiary/aromatic N) is 3. The molecule has 30 heavy (non-hydrogen) atoms. The predicted molar refractivity (Wildman–Crippen MR) is 111 cm³/mol. The number of aromatic nitrogens is 2. The molecule has 150 valence electrons. The fourth-order valence-electron chi connectivity index (χ4n) is 4.48. The highest BCUT2D eigenvalue weighted by Crippen LogP contribution is 2.50. The van der Waals surface area contributed by atoms with Gasteiger partial charge in [-0.3, -0.25) is 9.89 Å². The minimum absolute atomic E-state index is 0.0161. The van der Waals surface area contributed by atoms with Crippen LogP contribution in [0.2, 0.25) is 0 Å². The zero-order valence-electron chi connectivity index (χ0n) is 16.4. The number of H-pyrrole nitrogens is 1. The van der Waals surface area contributed by atoms with Gasteiger partial charge in [-0.25, -0.2) is 0 Å². The number of carbonyl (C=O) groups is 1. The maximum absolute atomic E-state index is 12.8. The second-order valence-electron chi connectivity index (χ2n) is 7.84. The molecule has 1 aliphatic carbocycles. The molecule has 2 unspecified atom stereocenters. The Morgan fingerprint density at radius 1 is 1.23 bits per heavy atom. The maximum atomic E-state index is 12.8. The smallest absolute Gasteiger partial charge is 0.269 e. The second-order valence-corrected chi connectivity index (χ2v) is 7.84. The zero-order valence-corrected chi connectivity index (χ0v) is 16.4. The van der Waals surface area contributed by atoms with E-state index in [0.717, 1.165) is 11.3 Å². The number of amides is 1. The number of nitriles is 1. The van der Waals surface area contributed by atoms with Crippen molar-refractivity contribution in [3.05, 3.63) is 66.4 Å². The molecule has 2 heterocycles. The lowest BCUT2D eigenvalue weighted by Crippen LogP contribution is -2.40. The van der Waals surface area contributed by atoms with Crippen molar-refractivity contribution in [3.63, 3.8) is 0 Å². The molecule has 2 aromatic carbocycles. The zero-order chi connectivity index (χ0) is 20.7. The lowest BCUT2D eigenvalue weighted by atomic mass is 10.1. The minimum Gasteiger partial charge on any atom is -0.457 e. The third-order valence-corrected chi connectivity index (χ3v) is 6.02. The van der Waals surface area contributed by atoms with E-state index in [1.807, 2.05) is 54.6 Å². The van der Waals surface area contributed by atoms with Gasteiger partial charge in [0.05, 0.1) is 11.7 Å². The molecule has 1 aliphatic heterocycles. The predicted octanol–water partition coefficient (Wildman–Crippen LogP) is 3.40. The fourth-order valence-corrected chi connectivity index (χ4v) is 4.48. The Kier molecular flexibility index (Phi) is 4.40. The van der Waals surface area contributed by atoms with Crippen molar-refractivity contribution in [2.45, 2.75) is 19.0 Å². The normalized spacial score (nSPS) is 24.1. The fraction of sp³-hybridized carbons (Fsp3) is 0.261. The van der Waals surface area contributed by atoms with Crippen molar-refractivity contribution >= 4 is 5.91 Å². The Morgan fingerprint density at radius 3 is 2.77 bits per heavy atom. The van der Waals surface area contributed by atoms with Gasteiger partial charge in [0.1, 0.15) is 17.2 Å². The van der Waals surface area contributed by atoms with Gasteiger partial charge in [0, 0.05) is 24.1 Å². The standard InChI is InChI=1S/C23H21N5O2/c1-14-21-19(12-28(13-24)22(14)21)25-23(29)18-11-17(26-27-18)16-9-5-6-10-20(16)30-15-7-3-2-4-8-15/h2-11,14,19,21-22H,12H2,1H3,(H,25,29)(H,26,27)/t14-,19-,21?,22?/m1/s1. The minimum atomic E-state index is -0.210. The molecule has 4 atom stereocenters. The van der Waals surface area contributed by atoms with Gasteiger partial charge in [0.2, 0.25) is 0 Å². The van der Waals surface area contributed by atoms with Crippen molar-refractivity contribution in [1.82, 2.24) is 20.4 Å². The summed E-state index contributed by atoms with van der Waals surface area (Å²) in [5.41, 5.74) is 1.82. The Morgan fingerprint density at radius 2 is 2.00 bits per heavy atom. The van der Waals surface area contributed by atoms with E-state index in [9.17, 15) is 10.1 Å². The van der Waals surface area contributed by atoms with Crippen LogP contribution in [0.4, 0.5) is 0 Å². The Labute approximate surface area is 174 Å². The van der Waals surface area contributed by atoms with Gasteiger partial charge in [-0.1, -0.05) is 37.3 Å². The number of ether oxygens (including phenoxy) is 1. The molecule has 1 amide bonds. The molecule has 2 fully saturated rings. The van der Waals surface area contributed by atoms with E-state index in [1.54, 1.807) is 11.0 Å². The summed E-state index contributed by atoms with van der Waals surface area (Å²) in [6, 6.07) is 19.1. The molecular weight excluding hydrogens is 378 g/mol. The average molecular weight is 399 g/mol. The number of carbonyl (C=O) groups excluding carboxylic acids is 1. The van der Waals surface area contributed by atoms with Gasteiger partial charge in [-0.15, -0.1) is 0 Å². The van der Waals surface area contributed by atoms with Crippen molar-refractivity contribution in [2.24, 2.45) is 11.8 Å². The lowest BCUT2D eigenvalue weighted by molar-refractivity contribution is 0.0926. The number of hydrogen-bond acceptors (Lipinski definition) is 5. The molecule has 0 spiro atoms. The molecule has 1 saturated carbocycles. The summed E-state index contributed by atoms with van der Waals surface area (Å²) < 4.78 is 6.01. The van der Waals surface area contributed by atoms with E-state index in [1.165, 1.54) is 0 Å². The number of hydrogen-bond donors (Lipinski definition) is 2. The Bertz CT molecular complexity index is 1120. The first-order chi connectivity index (χ1) is 14.7. The summed E-state index contributed by atoms with van der Waals surface area (Å²) >= 11 is 0. The molecule has 7 nitrogen and oxygen atoms in total. The van der Waals surface area contributed by atoms with Crippen molar-refractivity contribution < 1.29 is 9.53 Å². The van der Waals surface area contributed by atoms with Gasteiger partial charge in [-0.05, 0) is 36.2 Å². The molecule has 7 heteroatoms. The van der Waals surface area contributed by atoms with Gasteiger partial charge in [-0.2, -0.15) is 10.4 Å².